The van der Waals surface area contributed by atoms with E-state index in [0.717, 1.165) is 31.9 Å². The van der Waals surface area contributed by atoms with Crippen LogP contribution < -0.4 is 21.3 Å². The predicted molar refractivity (Wildman–Crippen MR) is 176 cm³/mol. The number of urea groups is 1. The van der Waals surface area contributed by atoms with Crippen LogP contribution >= 0.6 is 0 Å². The number of nitrogens with zero attached hydrogens (tertiary/aromatic N) is 1. The molecule has 5 amide bonds. The standard InChI is InChI=1S/C33H55N5O7S/c1-9-14-23(25(39)28(41)34-17-10-2)35-27(40)24-22-18-21(32(22,6)7)19-38(24)29(42)26(31(3,4)5)36-30(43)37-33(20-46(8,44)45)15-12-11-13-16-33/h10,21-24,26H,2,9,11-20H2,1,3-8H3,(H,34,41)(H,35,40)(H2,36,37,43)/t21-,22+,23?,24+,26-/m1/s1. The number of piperidine rings is 2. The van der Waals surface area contributed by atoms with Crippen molar-refractivity contribution < 1.29 is 32.4 Å². The third kappa shape index (κ3) is 8.68. The quantitative estimate of drug-likeness (QED) is 0.173. The van der Waals surface area contributed by atoms with Crippen molar-refractivity contribution in [2.45, 2.75) is 117 Å². The van der Waals surface area contributed by atoms with Crippen LogP contribution in [0.4, 0.5) is 4.79 Å². The van der Waals surface area contributed by atoms with E-state index in [2.05, 4.69) is 41.7 Å². The van der Waals surface area contributed by atoms with Gasteiger partial charge in [0.2, 0.25) is 17.6 Å². The number of Topliss-reactive ketones (excluding diaryl/α,β-unsaturated/α-hetero) is 1. The molecule has 0 aromatic rings. The van der Waals surface area contributed by atoms with Crippen LogP contribution in [0.1, 0.15) is 92.9 Å². The molecule has 1 unspecified atom stereocenters. The number of ketones is 1. The van der Waals surface area contributed by atoms with Crippen molar-refractivity contribution in [3.63, 3.8) is 0 Å². The van der Waals surface area contributed by atoms with Gasteiger partial charge in [-0.05, 0) is 48.3 Å². The van der Waals surface area contributed by atoms with E-state index in [4.69, 9.17) is 0 Å². The van der Waals surface area contributed by atoms with Gasteiger partial charge in [-0.3, -0.25) is 19.2 Å². The van der Waals surface area contributed by atoms with Crippen molar-refractivity contribution >= 4 is 39.4 Å². The summed E-state index contributed by atoms with van der Waals surface area (Å²) in [5, 5.41) is 11.1. The summed E-state index contributed by atoms with van der Waals surface area (Å²) in [4.78, 5) is 69.0. The molecule has 0 aromatic carbocycles. The number of nitrogens with one attached hydrogen (secondary N) is 4. The number of sulfone groups is 1. The van der Waals surface area contributed by atoms with E-state index >= 15 is 0 Å². The maximum absolute atomic E-state index is 14.4. The molecule has 2 aliphatic heterocycles. The second-order valence-electron chi connectivity index (χ2n) is 15.3. The molecule has 2 saturated heterocycles. The van der Waals surface area contributed by atoms with Crippen molar-refractivity contribution in [2.75, 3.05) is 25.1 Å². The number of fused-ring (bicyclic) bond motifs is 2. The molecule has 4 aliphatic rings. The number of carbonyl (C=O) groups excluding carboxylic acids is 5. The third-order valence-corrected chi connectivity index (χ3v) is 11.3. The summed E-state index contributed by atoms with van der Waals surface area (Å²) in [6.07, 6.45) is 7.74. The third-order valence-electron chi connectivity index (χ3n) is 10.2. The first kappa shape index (κ1) is 37.5. The van der Waals surface area contributed by atoms with Gasteiger partial charge in [0.25, 0.3) is 5.91 Å². The summed E-state index contributed by atoms with van der Waals surface area (Å²) < 4.78 is 24.6. The molecule has 13 heteroatoms. The van der Waals surface area contributed by atoms with Gasteiger partial charge in [-0.25, -0.2) is 13.2 Å². The molecular formula is C33H55N5O7S. The summed E-state index contributed by atoms with van der Waals surface area (Å²) in [6.45, 7) is 15.4. The lowest BCUT2D eigenvalue weighted by Crippen LogP contribution is -2.73. The van der Waals surface area contributed by atoms with E-state index in [0.29, 0.717) is 25.8 Å². The highest BCUT2D eigenvalue weighted by Gasteiger charge is 2.61. The molecule has 4 fully saturated rings. The van der Waals surface area contributed by atoms with Crippen molar-refractivity contribution in [1.29, 1.82) is 0 Å². The van der Waals surface area contributed by atoms with E-state index in [9.17, 15) is 32.4 Å². The number of carbonyl (C=O) groups is 5. The van der Waals surface area contributed by atoms with E-state index in [1.807, 2.05) is 27.7 Å². The minimum atomic E-state index is -3.39. The van der Waals surface area contributed by atoms with Crippen LogP contribution in [0.25, 0.3) is 0 Å². The molecule has 0 radical (unpaired) electrons. The Kier molecular flexibility index (Phi) is 11.8. The monoisotopic (exact) mass is 665 g/mol. The highest BCUT2D eigenvalue weighted by atomic mass is 32.2. The second kappa shape index (κ2) is 14.4. The van der Waals surface area contributed by atoms with Gasteiger partial charge in [0.15, 0.2) is 0 Å². The van der Waals surface area contributed by atoms with Crippen LogP contribution in [0.3, 0.4) is 0 Å². The summed E-state index contributed by atoms with van der Waals surface area (Å²) >= 11 is 0. The molecule has 46 heavy (non-hydrogen) atoms. The predicted octanol–water partition coefficient (Wildman–Crippen LogP) is 2.48. The fourth-order valence-electron chi connectivity index (χ4n) is 7.50. The Labute approximate surface area is 274 Å². The first-order valence-corrected chi connectivity index (χ1v) is 18.6. The smallest absolute Gasteiger partial charge is 0.315 e. The average molecular weight is 666 g/mol. The molecule has 4 N–H and O–H groups in total. The lowest BCUT2D eigenvalue weighted by molar-refractivity contribution is -0.179. The first-order valence-electron chi connectivity index (χ1n) is 16.6. The van der Waals surface area contributed by atoms with Crippen LogP contribution in [-0.4, -0.2) is 91.6 Å². The molecule has 0 spiro atoms. The fraction of sp³-hybridized carbons (Fsp3) is 0.788. The number of hydrogen-bond acceptors (Lipinski definition) is 7. The highest BCUT2D eigenvalue weighted by molar-refractivity contribution is 7.90. The molecular weight excluding hydrogens is 610 g/mol. The molecule has 2 aliphatic carbocycles. The van der Waals surface area contributed by atoms with Crippen LogP contribution in [0.15, 0.2) is 12.7 Å². The molecule has 12 nitrogen and oxygen atoms in total. The molecule has 2 saturated carbocycles. The summed E-state index contributed by atoms with van der Waals surface area (Å²) in [6, 6.07) is -3.61. The first-order chi connectivity index (χ1) is 21.3. The van der Waals surface area contributed by atoms with E-state index in [-0.39, 0.29) is 36.0 Å². The zero-order valence-corrected chi connectivity index (χ0v) is 29.5. The largest absolute Gasteiger partial charge is 0.346 e. The maximum atomic E-state index is 14.4. The lowest BCUT2D eigenvalue weighted by atomic mass is 9.49. The molecule has 2 bridgehead atoms. The number of hydrogen-bond donors (Lipinski definition) is 4. The van der Waals surface area contributed by atoms with Crippen molar-refractivity contribution in [3.05, 3.63) is 12.7 Å². The molecule has 2 heterocycles. The highest BCUT2D eigenvalue weighted by Crippen LogP contribution is 2.57. The Balaban J connectivity index is 1.87. The Morgan fingerprint density at radius 3 is 2.20 bits per heavy atom. The zero-order chi connectivity index (χ0) is 34.7. The normalized spacial score (nSPS) is 24.8. The van der Waals surface area contributed by atoms with Crippen LogP contribution in [0.2, 0.25) is 0 Å². The van der Waals surface area contributed by atoms with Gasteiger partial charge >= 0.3 is 6.03 Å². The van der Waals surface area contributed by atoms with E-state index in [1.165, 1.54) is 11.0 Å². The Bertz CT molecular complexity index is 1300. The molecule has 5 atom stereocenters. The van der Waals surface area contributed by atoms with E-state index < -0.39 is 68.5 Å². The Hall–Kier alpha value is -2.96. The maximum Gasteiger partial charge on any atom is 0.315 e. The van der Waals surface area contributed by atoms with Gasteiger partial charge in [0.05, 0.1) is 17.3 Å². The van der Waals surface area contributed by atoms with Gasteiger partial charge in [-0.2, -0.15) is 0 Å². The van der Waals surface area contributed by atoms with Crippen molar-refractivity contribution in [2.24, 2.45) is 22.7 Å². The van der Waals surface area contributed by atoms with Crippen molar-refractivity contribution in [3.8, 4) is 0 Å². The lowest BCUT2D eigenvalue weighted by Gasteiger charge is -2.63. The minimum Gasteiger partial charge on any atom is -0.346 e. The number of amides is 5. The van der Waals surface area contributed by atoms with Crippen LogP contribution in [0, 0.1) is 22.7 Å². The summed E-state index contributed by atoms with van der Waals surface area (Å²) in [5.74, 6) is -2.70. The van der Waals surface area contributed by atoms with Gasteiger partial charge in [-0.1, -0.05) is 73.3 Å². The topological polar surface area (TPSA) is 171 Å². The van der Waals surface area contributed by atoms with Gasteiger partial charge in [0, 0.05) is 19.3 Å². The summed E-state index contributed by atoms with van der Waals surface area (Å²) in [7, 11) is -3.39. The SMILES string of the molecule is C=CCNC(=O)C(=O)C(CCC)NC(=O)[C@@H]1[C@@H]2C[C@H](CN1C(=O)[C@@H](NC(=O)NC1(CS(C)(=O)=O)CCCCC1)C(C)(C)C)C2(C)C. The van der Waals surface area contributed by atoms with E-state index in [1.54, 1.807) is 0 Å². The average Bonchev–Trinajstić information content (AvgIpc) is 2.95. The van der Waals surface area contributed by atoms with Crippen LogP contribution in [0.5, 0.6) is 0 Å². The Morgan fingerprint density at radius 2 is 1.67 bits per heavy atom. The second-order valence-corrected chi connectivity index (χ2v) is 17.5. The van der Waals surface area contributed by atoms with Gasteiger partial charge in [0.1, 0.15) is 21.9 Å². The van der Waals surface area contributed by atoms with Gasteiger partial charge in [-0.15, -0.1) is 6.58 Å². The minimum absolute atomic E-state index is 0.115. The Morgan fingerprint density at radius 1 is 1.04 bits per heavy atom. The van der Waals surface area contributed by atoms with Crippen LogP contribution in [-0.2, 0) is 29.0 Å². The molecule has 0 aromatic heterocycles. The van der Waals surface area contributed by atoms with Crippen molar-refractivity contribution in [1.82, 2.24) is 26.2 Å². The fourth-order valence-corrected chi connectivity index (χ4v) is 8.87. The number of rotatable bonds is 13. The molecule has 260 valence electrons. The zero-order valence-electron chi connectivity index (χ0n) is 28.7. The summed E-state index contributed by atoms with van der Waals surface area (Å²) in [5.41, 5.74) is -1.90. The molecule has 4 rings (SSSR count). The van der Waals surface area contributed by atoms with Gasteiger partial charge < -0.3 is 26.2 Å².